The first-order valence-corrected chi connectivity index (χ1v) is 8.63. The predicted molar refractivity (Wildman–Crippen MR) is 66.2 cm³/mol. The van der Waals surface area contributed by atoms with Crippen molar-refractivity contribution in [2.45, 2.75) is 51.8 Å². The molecular weight excluding hydrogens is 187 g/mol. The van der Waals surface area contributed by atoms with Gasteiger partial charge in [0.05, 0.1) is 0 Å². The van der Waals surface area contributed by atoms with E-state index in [2.05, 4.69) is 37.7 Å². The van der Waals surface area contributed by atoms with Crippen LogP contribution < -0.4 is 0 Å². The van der Waals surface area contributed by atoms with Crippen LogP contribution in [0.3, 0.4) is 0 Å². The summed E-state index contributed by atoms with van der Waals surface area (Å²) < 4.78 is 10.8. The predicted octanol–water partition coefficient (Wildman–Crippen LogP) is 3.13. The molecule has 0 heterocycles. The van der Waals surface area contributed by atoms with Gasteiger partial charge in [-0.3, -0.25) is 0 Å². The number of unbranched alkanes of at least 4 members (excludes halogenated alkanes) is 1. The van der Waals surface area contributed by atoms with Gasteiger partial charge in [0, 0.05) is 13.2 Å². The normalized spacial score (nSPS) is 10.8. The molecule has 0 rings (SSSR count). The number of hydrogen-bond acceptors (Lipinski definition) is 2. The molecule has 0 saturated carbocycles. The van der Waals surface area contributed by atoms with Gasteiger partial charge in [0.2, 0.25) is 0 Å². The molecule has 82 valence electrons. The van der Waals surface area contributed by atoms with Gasteiger partial charge in [-0.15, -0.1) is 0 Å². The molecule has 4 heteroatoms. The van der Waals surface area contributed by atoms with Crippen molar-refractivity contribution in [2.24, 2.45) is 0 Å². The van der Waals surface area contributed by atoms with Crippen molar-refractivity contribution in [1.82, 2.24) is 0 Å². The Hall–Kier alpha value is 0.734. The number of hydrogen-bond donors (Lipinski definition) is 0. The fourth-order valence-electron chi connectivity index (χ4n) is 1.09. The van der Waals surface area contributed by atoms with Crippen molar-refractivity contribution in [3.63, 3.8) is 0 Å². The average Bonchev–Trinajstić information content (AvgIpc) is 2.06. The summed E-state index contributed by atoms with van der Waals surface area (Å²) in [6.07, 6.45) is 2.73. The second-order valence-corrected chi connectivity index (χ2v) is 7.00. The summed E-state index contributed by atoms with van der Waals surface area (Å²) in [5.74, 6) is 0. The summed E-state index contributed by atoms with van der Waals surface area (Å²) in [4.78, 5) is 0. The van der Waals surface area contributed by atoms with Crippen molar-refractivity contribution in [3.8, 4) is 0 Å². The first-order valence-electron chi connectivity index (χ1n) is 5.81. The van der Waals surface area contributed by atoms with Gasteiger partial charge in [-0.25, -0.2) is 0 Å². The van der Waals surface area contributed by atoms with E-state index in [1.807, 2.05) is 13.8 Å². The van der Waals surface area contributed by atoms with Crippen molar-refractivity contribution >= 4 is 26.3 Å². The van der Waals surface area contributed by atoms with Crippen LogP contribution in [0, 0.1) is 0 Å². The molecule has 0 fully saturated rings. The Bertz CT molecular complexity index is 100. The SMILES string of the molecule is CCO[Si](C)(C)OCC.[Li][CH2]CCC. The molecule has 0 N–H and O–H groups in total. The van der Waals surface area contributed by atoms with Gasteiger partial charge in [-0.2, -0.15) is 0 Å². The molecule has 0 radical (unpaired) electrons. The first-order chi connectivity index (χ1) is 6.54. The van der Waals surface area contributed by atoms with Crippen molar-refractivity contribution in [1.29, 1.82) is 0 Å². The molecular formula is C10H25LiO2Si. The summed E-state index contributed by atoms with van der Waals surface area (Å²) in [5, 5.41) is 1.34. The molecule has 0 aromatic carbocycles. The van der Waals surface area contributed by atoms with E-state index in [0.29, 0.717) is 0 Å². The Morgan fingerprint density at radius 1 is 1.00 bits per heavy atom. The summed E-state index contributed by atoms with van der Waals surface area (Å²) in [5.41, 5.74) is 0. The monoisotopic (exact) mass is 212 g/mol. The van der Waals surface area contributed by atoms with Crippen molar-refractivity contribution in [3.05, 3.63) is 0 Å². The average molecular weight is 212 g/mol. The van der Waals surface area contributed by atoms with E-state index < -0.39 is 8.56 Å². The Morgan fingerprint density at radius 3 is 1.57 bits per heavy atom. The summed E-state index contributed by atoms with van der Waals surface area (Å²) >= 11 is 2.21. The molecule has 0 aliphatic rings. The second kappa shape index (κ2) is 11.8. The third kappa shape index (κ3) is 15.2. The fourth-order valence-corrected chi connectivity index (χ4v) is 2.56. The van der Waals surface area contributed by atoms with Crippen molar-refractivity contribution in [2.75, 3.05) is 13.2 Å². The van der Waals surface area contributed by atoms with E-state index in [1.165, 1.54) is 17.9 Å². The molecule has 0 spiro atoms. The van der Waals surface area contributed by atoms with Gasteiger partial charge in [0.25, 0.3) is 0 Å². The summed E-state index contributed by atoms with van der Waals surface area (Å²) in [7, 11) is -1.70. The maximum atomic E-state index is 5.39. The molecule has 14 heavy (non-hydrogen) atoms. The van der Waals surface area contributed by atoms with Crippen LogP contribution in [-0.4, -0.2) is 39.5 Å². The van der Waals surface area contributed by atoms with Gasteiger partial charge in [0.15, 0.2) is 0 Å². The molecule has 0 aromatic rings. The Kier molecular flexibility index (Phi) is 14.5. The van der Waals surface area contributed by atoms with E-state index in [1.54, 1.807) is 0 Å². The zero-order chi connectivity index (χ0) is 11.4. The zero-order valence-corrected chi connectivity index (χ0v) is 11.9. The van der Waals surface area contributed by atoms with Gasteiger partial charge >= 0.3 is 51.1 Å². The molecule has 0 atom stereocenters. The summed E-state index contributed by atoms with van der Waals surface area (Å²) in [6, 6.07) is 0. The quantitative estimate of drug-likeness (QED) is 0.630. The molecule has 2 nitrogen and oxygen atoms in total. The second-order valence-electron chi connectivity index (χ2n) is 3.62. The third-order valence-corrected chi connectivity index (χ3v) is 3.66. The third-order valence-electron chi connectivity index (χ3n) is 1.69. The minimum atomic E-state index is -1.70. The van der Waals surface area contributed by atoms with Gasteiger partial charge in [-0.1, -0.05) is 0 Å². The molecule has 0 amide bonds. The molecule has 0 aliphatic carbocycles. The Morgan fingerprint density at radius 2 is 1.43 bits per heavy atom. The molecule has 0 aromatic heterocycles. The van der Waals surface area contributed by atoms with Crippen LogP contribution in [0.25, 0.3) is 0 Å². The van der Waals surface area contributed by atoms with Gasteiger partial charge in [0.1, 0.15) is 0 Å². The van der Waals surface area contributed by atoms with E-state index in [9.17, 15) is 0 Å². The maximum absolute atomic E-state index is 5.39. The minimum absolute atomic E-state index is 0.763. The Labute approximate surface area is 100 Å². The van der Waals surface area contributed by atoms with Crippen LogP contribution in [0.1, 0.15) is 33.6 Å². The zero-order valence-electron chi connectivity index (χ0n) is 10.9. The molecule has 0 bridgehead atoms. The van der Waals surface area contributed by atoms with Crippen molar-refractivity contribution < 1.29 is 8.85 Å². The standard InChI is InChI=1S/C6H16O2Si.C4H9.Li/c1-5-7-9(3,4)8-6-2;1-3-4-2;/h5-6H2,1-4H3;1,3-4H2,2H3;. The molecule has 0 unspecified atom stereocenters. The molecule has 0 saturated heterocycles. The van der Waals surface area contributed by atoms with E-state index in [-0.39, 0.29) is 0 Å². The molecule has 0 aliphatic heterocycles. The number of rotatable bonds is 6. The van der Waals surface area contributed by atoms with Gasteiger partial charge in [-0.05, 0) is 26.9 Å². The van der Waals surface area contributed by atoms with Crippen LogP contribution in [0.4, 0.5) is 0 Å². The first kappa shape index (κ1) is 17.1. The Balaban J connectivity index is 0. The van der Waals surface area contributed by atoms with E-state index in [4.69, 9.17) is 8.85 Å². The van der Waals surface area contributed by atoms with Gasteiger partial charge < -0.3 is 8.85 Å². The van der Waals surface area contributed by atoms with Crippen LogP contribution in [0.15, 0.2) is 0 Å². The summed E-state index contributed by atoms with van der Waals surface area (Å²) in [6.45, 7) is 11.8. The van der Waals surface area contributed by atoms with Crippen LogP contribution >= 0.6 is 0 Å². The van der Waals surface area contributed by atoms with E-state index >= 15 is 0 Å². The fraction of sp³-hybridized carbons (Fsp3) is 1.00. The van der Waals surface area contributed by atoms with E-state index in [0.717, 1.165) is 13.2 Å². The van der Waals surface area contributed by atoms with Crippen LogP contribution in [-0.2, 0) is 8.85 Å². The van der Waals surface area contributed by atoms with Crippen LogP contribution in [0.2, 0.25) is 18.2 Å². The topological polar surface area (TPSA) is 18.5 Å². The van der Waals surface area contributed by atoms with Crippen LogP contribution in [0.5, 0.6) is 0 Å².